The zero-order chi connectivity index (χ0) is 13.9. The molecule has 0 fully saturated rings. The second kappa shape index (κ2) is 6.03. The first kappa shape index (κ1) is 15.5. The van der Waals surface area contributed by atoms with Gasteiger partial charge in [0.25, 0.3) is 0 Å². The van der Waals surface area contributed by atoms with Gasteiger partial charge < -0.3 is 5.11 Å². The first-order chi connectivity index (χ1) is 8.21. The molecule has 0 aliphatic heterocycles. The number of hydrogen-bond donors (Lipinski definition) is 1. The second-order valence-corrected chi connectivity index (χ2v) is 6.45. The van der Waals surface area contributed by atoms with Crippen LogP contribution in [-0.4, -0.2) is 11.2 Å². The lowest BCUT2D eigenvalue weighted by molar-refractivity contribution is 0.110. The van der Waals surface area contributed by atoms with E-state index in [2.05, 4.69) is 27.7 Å². The molecule has 2 atom stereocenters. The van der Waals surface area contributed by atoms with E-state index in [9.17, 15) is 9.50 Å². The average Bonchev–Trinajstić information content (AvgIpc) is 2.23. The molecule has 1 aromatic rings. The highest BCUT2D eigenvalue weighted by molar-refractivity contribution is 6.31. The van der Waals surface area contributed by atoms with Crippen molar-refractivity contribution in [3.63, 3.8) is 0 Å². The summed E-state index contributed by atoms with van der Waals surface area (Å²) >= 11 is 5.88. The quantitative estimate of drug-likeness (QED) is 0.858. The molecule has 0 saturated carbocycles. The Kier molecular flexibility index (Phi) is 5.18. The van der Waals surface area contributed by atoms with Gasteiger partial charge in [0.05, 0.1) is 11.1 Å². The molecule has 3 heteroatoms. The van der Waals surface area contributed by atoms with Crippen LogP contribution in [0, 0.1) is 17.2 Å². The Morgan fingerprint density at radius 2 is 1.94 bits per heavy atom. The van der Waals surface area contributed by atoms with E-state index in [1.165, 1.54) is 6.07 Å². The number of aliphatic hydroxyl groups excluding tert-OH is 1. The Balaban J connectivity index is 2.65. The van der Waals surface area contributed by atoms with Crippen LogP contribution in [0.15, 0.2) is 18.2 Å². The number of aliphatic hydroxyl groups is 1. The van der Waals surface area contributed by atoms with Crippen LogP contribution in [0.25, 0.3) is 0 Å². The van der Waals surface area contributed by atoms with E-state index >= 15 is 0 Å². The summed E-state index contributed by atoms with van der Waals surface area (Å²) in [6, 6.07) is 4.71. The monoisotopic (exact) mass is 272 g/mol. The van der Waals surface area contributed by atoms with Crippen molar-refractivity contribution < 1.29 is 9.50 Å². The zero-order valence-electron chi connectivity index (χ0n) is 11.5. The summed E-state index contributed by atoms with van der Waals surface area (Å²) in [5.41, 5.74) is 0.831. The van der Waals surface area contributed by atoms with Gasteiger partial charge in [0.1, 0.15) is 5.82 Å². The van der Waals surface area contributed by atoms with Crippen molar-refractivity contribution in [2.75, 3.05) is 0 Å². The summed E-state index contributed by atoms with van der Waals surface area (Å²) in [4.78, 5) is 0. The van der Waals surface area contributed by atoms with Crippen LogP contribution < -0.4 is 0 Å². The minimum atomic E-state index is -0.487. The van der Waals surface area contributed by atoms with Gasteiger partial charge in [0.2, 0.25) is 0 Å². The SMILES string of the molecule is CC(CC(O)Cc1cccc(F)c1Cl)C(C)(C)C. The van der Waals surface area contributed by atoms with Crippen molar-refractivity contribution >= 4 is 11.6 Å². The third kappa shape index (κ3) is 4.25. The lowest BCUT2D eigenvalue weighted by Gasteiger charge is -2.29. The fourth-order valence-electron chi connectivity index (χ4n) is 1.80. The molecular weight excluding hydrogens is 251 g/mol. The molecule has 0 aromatic heterocycles. The fourth-order valence-corrected chi connectivity index (χ4v) is 2.01. The molecular formula is C15H22ClFO. The van der Waals surface area contributed by atoms with E-state index < -0.39 is 11.9 Å². The number of benzene rings is 1. The minimum Gasteiger partial charge on any atom is -0.393 e. The van der Waals surface area contributed by atoms with Crippen LogP contribution in [0.2, 0.25) is 5.02 Å². The maximum atomic E-state index is 13.3. The molecule has 0 amide bonds. The fraction of sp³-hybridized carbons (Fsp3) is 0.600. The molecule has 102 valence electrons. The summed E-state index contributed by atoms with van der Waals surface area (Å²) in [7, 11) is 0. The molecule has 1 N–H and O–H groups in total. The second-order valence-electron chi connectivity index (χ2n) is 6.07. The zero-order valence-corrected chi connectivity index (χ0v) is 12.3. The van der Waals surface area contributed by atoms with Gasteiger partial charge in [0.15, 0.2) is 0 Å². The van der Waals surface area contributed by atoms with Crippen LogP contribution in [-0.2, 0) is 6.42 Å². The Morgan fingerprint density at radius 1 is 1.33 bits per heavy atom. The molecule has 1 rings (SSSR count). The van der Waals surface area contributed by atoms with Crippen molar-refractivity contribution in [3.05, 3.63) is 34.6 Å². The Hall–Kier alpha value is -0.600. The van der Waals surface area contributed by atoms with E-state index in [1.807, 2.05) is 0 Å². The van der Waals surface area contributed by atoms with Crippen molar-refractivity contribution in [1.29, 1.82) is 0 Å². The predicted molar refractivity (Wildman–Crippen MR) is 74.4 cm³/mol. The summed E-state index contributed by atoms with van der Waals surface area (Å²) in [6.45, 7) is 8.58. The minimum absolute atomic E-state index is 0.125. The van der Waals surface area contributed by atoms with Crippen molar-refractivity contribution in [2.45, 2.75) is 46.6 Å². The van der Waals surface area contributed by atoms with Gasteiger partial charge in [-0.3, -0.25) is 0 Å². The third-order valence-electron chi connectivity index (χ3n) is 3.59. The van der Waals surface area contributed by atoms with Gasteiger partial charge >= 0.3 is 0 Å². The highest BCUT2D eigenvalue weighted by Crippen LogP contribution is 2.30. The molecule has 0 heterocycles. The smallest absolute Gasteiger partial charge is 0.142 e. The Bertz CT molecular complexity index is 398. The normalized spacial score (nSPS) is 15.5. The summed E-state index contributed by atoms with van der Waals surface area (Å²) < 4.78 is 13.3. The van der Waals surface area contributed by atoms with Crippen LogP contribution >= 0.6 is 11.6 Å². The maximum absolute atomic E-state index is 13.3. The first-order valence-corrected chi connectivity index (χ1v) is 6.70. The number of rotatable bonds is 4. The summed E-state index contributed by atoms with van der Waals surface area (Å²) in [6.07, 6.45) is 0.603. The van der Waals surface area contributed by atoms with Crippen LogP contribution in [0.3, 0.4) is 0 Å². The Morgan fingerprint density at radius 3 is 2.50 bits per heavy atom. The molecule has 0 aliphatic carbocycles. The van der Waals surface area contributed by atoms with E-state index in [0.717, 1.165) is 0 Å². The maximum Gasteiger partial charge on any atom is 0.142 e. The van der Waals surface area contributed by atoms with Gasteiger partial charge in [-0.15, -0.1) is 0 Å². The standard InChI is InChI=1S/C15H22ClFO/c1-10(15(2,3)4)8-12(18)9-11-6-5-7-13(17)14(11)16/h5-7,10,12,18H,8-9H2,1-4H3. The van der Waals surface area contributed by atoms with E-state index in [0.29, 0.717) is 24.3 Å². The molecule has 18 heavy (non-hydrogen) atoms. The van der Waals surface area contributed by atoms with Crippen molar-refractivity contribution in [3.8, 4) is 0 Å². The van der Waals surface area contributed by atoms with Crippen LogP contribution in [0.4, 0.5) is 4.39 Å². The number of hydrogen-bond acceptors (Lipinski definition) is 1. The Labute approximate surface area is 114 Å². The molecule has 1 aromatic carbocycles. The lowest BCUT2D eigenvalue weighted by Crippen LogP contribution is -2.24. The molecule has 0 aliphatic rings. The van der Waals surface area contributed by atoms with Crippen molar-refractivity contribution in [1.82, 2.24) is 0 Å². The van der Waals surface area contributed by atoms with Crippen molar-refractivity contribution in [2.24, 2.45) is 11.3 Å². The topological polar surface area (TPSA) is 20.2 Å². The van der Waals surface area contributed by atoms with E-state index in [4.69, 9.17) is 11.6 Å². The highest BCUT2D eigenvalue weighted by atomic mass is 35.5. The van der Waals surface area contributed by atoms with Gasteiger partial charge in [-0.2, -0.15) is 0 Å². The summed E-state index contributed by atoms with van der Waals surface area (Å²) in [5, 5.41) is 10.2. The molecule has 0 spiro atoms. The van der Waals surface area contributed by atoms with Crippen LogP contribution in [0.1, 0.15) is 39.7 Å². The molecule has 0 saturated heterocycles. The first-order valence-electron chi connectivity index (χ1n) is 6.32. The summed E-state index contributed by atoms with van der Waals surface area (Å²) in [5.74, 6) is -0.0370. The van der Waals surface area contributed by atoms with E-state index in [-0.39, 0.29) is 10.4 Å². The molecule has 2 unspecified atom stereocenters. The highest BCUT2D eigenvalue weighted by Gasteiger charge is 2.23. The average molecular weight is 273 g/mol. The van der Waals surface area contributed by atoms with Crippen LogP contribution in [0.5, 0.6) is 0 Å². The lowest BCUT2D eigenvalue weighted by atomic mass is 9.78. The van der Waals surface area contributed by atoms with Gasteiger partial charge in [-0.1, -0.05) is 51.4 Å². The largest absolute Gasteiger partial charge is 0.393 e. The van der Waals surface area contributed by atoms with E-state index in [1.54, 1.807) is 12.1 Å². The predicted octanol–water partition coefficient (Wildman–Crippen LogP) is 4.45. The number of halogens is 2. The third-order valence-corrected chi connectivity index (χ3v) is 4.01. The molecule has 1 nitrogen and oxygen atoms in total. The molecule has 0 radical (unpaired) electrons. The van der Waals surface area contributed by atoms with Gasteiger partial charge in [-0.05, 0) is 35.8 Å². The molecule has 0 bridgehead atoms. The van der Waals surface area contributed by atoms with Gasteiger partial charge in [0, 0.05) is 0 Å². The van der Waals surface area contributed by atoms with Gasteiger partial charge in [-0.25, -0.2) is 4.39 Å².